The molecule has 5 atom stereocenters. The molecule has 0 bridgehead atoms. The molecule has 1 fully saturated rings. The van der Waals surface area contributed by atoms with Crippen LogP contribution in [-0.4, -0.2) is 58.8 Å². The minimum Gasteiger partial charge on any atom is -0.394 e. The number of aliphatic hydroxyl groups excluding tert-OH is 3. The molecule has 0 aliphatic carbocycles. The third-order valence-electron chi connectivity index (χ3n) is 5.07. The van der Waals surface area contributed by atoms with Gasteiger partial charge in [-0.1, -0.05) is 68.3 Å². The van der Waals surface area contributed by atoms with Gasteiger partial charge in [-0.25, -0.2) is 0 Å². The molecule has 1 aromatic rings. The van der Waals surface area contributed by atoms with Crippen LogP contribution in [0.3, 0.4) is 0 Å². The van der Waals surface area contributed by atoms with E-state index in [9.17, 15) is 20.1 Å². The summed E-state index contributed by atoms with van der Waals surface area (Å²) in [5.41, 5.74) is 0.472. The molecule has 1 heterocycles. The van der Waals surface area contributed by atoms with Gasteiger partial charge < -0.3 is 30.1 Å². The van der Waals surface area contributed by atoms with Crippen LogP contribution in [0.15, 0.2) is 18.2 Å². The van der Waals surface area contributed by atoms with Gasteiger partial charge in [-0.3, -0.25) is 4.79 Å². The summed E-state index contributed by atoms with van der Waals surface area (Å²) in [7, 11) is 0. The predicted molar refractivity (Wildman–Crippen MR) is 114 cm³/mol. The summed E-state index contributed by atoms with van der Waals surface area (Å²) in [5.74, 6) is -0.500. The lowest BCUT2D eigenvalue weighted by Gasteiger charge is -2.40. The van der Waals surface area contributed by atoms with Crippen LogP contribution in [0.25, 0.3) is 0 Å². The number of aliphatic hydroxyl groups is 3. The number of halogens is 2. The summed E-state index contributed by atoms with van der Waals surface area (Å²) in [4.78, 5) is 12.7. The second kappa shape index (κ2) is 12.8. The van der Waals surface area contributed by atoms with Gasteiger partial charge in [0.1, 0.15) is 18.3 Å². The standard InChI is InChI=1S/C21H31Cl2NO6/c1-2-3-4-5-6-7-10-24-20(28)19-17(27)18(16(26)12-25)29-21(30-19)13-8-9-14(22)15(23)11-13/h8-9,11,16-19,21,25-27H,2-7,10,12H2,1H3,(H,24,28). The van der Waals surface area contributed by atoms with E-state index in [4.69, 9.17) is 32.7 Å². The van der Waals surface area contributed by atoms with Crippen molar-refractivity contribution in [1.82, 2.24) is 5.32 Å². The second-order valence-corrected chi connectivity index (χ2v) is 8.28. The Kier molecular flexibility index (Phi) is 10.8. The first-order valence-electron chi connectivity index (χ1n) is 10.4. The molecule has 0 saturated carbocycles. The highest BCUT2D eigenvalue weighted by atomic mass is 35.5. The number of amides is 1. The Balaban J connectivity index is 2.02. The Hall–Kier alpha value is -0.930. The first kappa shape index (κ1) is 25.3. The molecule has 1 aliphatic heterocycles. The van der Waals surface area contributed by atoms with Crippen LogP contribution in [0.5, 0.6) is 0 Å². The van der Waals surface area contributed by atoms with Crippen molar-refractivity contribution in [3.05, 3.63) is 33.8 Å². The molecule has 1 aliphatic rings. The molecule has 0 aromatic heterocycles. The first-order valence-corrected chi connectivity index (χ1v) is 11.1. The highest BCUT2D eigenvalue weighted by molar-refractivity contribution is 6.42. The normalized spacial score (nSPS) is 25.1. The number of benzene rings is 1. The van der Waals surface area contributed by atoms with E-state index in [0.29, 0.717) is 17.1 Å². The van der Waals surface area contributed by atoms with Crippen molar-refractivity contribution >= 4 is 29.1 Å². The summed E-state index contributed by atoms with van der Waals surface area (Å²) < 4.78 is 11.3. The molecule has 1 saturated heterocycles. The van der Waals surface area contributed by atoms with Crippen molar-refractivity contribution in [2.45, 2.75) is 76.2 Å². The van der Waals surface area contributed by atoms with E-state index >= 15 is 0 Å². The number of rotatable bonds is 11. The summed E-state index contributed by atoms with van der Waals surface area (Å²) in [6.45, 7) is 1.98. The topological polar surface area (TPSA) is 108 Å². The molecule has 5 unspecified atom stereocenters. The largest absolute Gasteiger partial charge is 0.394 e. The molecular formula is C21H31Cl2NO6. The van der Waals surface area contributed by atoms with Crippen molar-refractivity contribution in [2.24, 2.45) is 0 Å². The van der Waals surface area contributed by atoms with E-state index in [2.05, 4.69) is 12.2 Å². The molecular weight excluding hydrogens is 433 g/mol. The van der Waals surface area contributed by atoms with E-state index in [1.807, 2.05) is 0 Å². The Morgan fingerprint density at radius 1 is 1.13 bits per heavy atom. The average Bonchev–Trinajstić information content (AvgIpc) is 2.74. The Morgan fingerprint density at radius 3 is 2.50 bits per heavy atom. The van der Waals surface area contributed by atoms with Crippen LogP contribution < -0.4 is 5.32 Å². The summed E-state index contributed by atoms with van der Waals surface area (Å²) in [6, 6.07) is 4.70. The molecule has 4 N–H and O–H groups in total. The molecule has 1 amide bonds. The number of hydrogen-bond donors (Lipinski definition) is 4. The van der Waals surface area contributed by atoms with Gasteiger partial charge in [0, 0.05) is 12.1 Å². The Labute approximate surface area is 187 Å². The van der Waals surface area contributed by atoms with Crippen molar-refractivity contribution in [3.63, 3.8) is 0 Å². The van der Waals surface area contributed by atoms with E-state index in [1.54, 1.807) is 12.1 Å². The monoisotopic (exact) mass is 463 g/mol. The van der Waals surface area contributed by atoms with E-state index in [0.717, 1.165) is 19.3 Å². The number of carbonyl (C=O) groups is 1. The fourth-order valence-corrected chi connectivity index (χ4v) is 3.62. The van der Waals surface area contributed by atoms with Gasteiger partial charge in [-0.2, -0.15) is 0 Å². The summed E-state index contributed by atoms with van der Waals surface area (Å²) in [5, 5.41) is 33.3. The fourth-order valence-electron chi connectivity index (χ4n) is 3.31. The van der Waals surface area contributed by atoms with E-state index in [-0.39, 0.29) is 5.02 Å². The van der Waals surface area contributed by atoms with Crippen molar-refractivity contribution in [1.29, 1.82) is 0 Å². The lowest BCUT2D eigenvalue weighted by Crippen LogP contribution is -2.58. The molecule has 0 spiro atoms. The Morgan fingerprint density at radius 2 is 1.83 bits per heavy atom. The highest BCUT2D eigenvalue weighted by Crippen LogP contribution is 2.34. The predicted octanol–water partition coefficient (Wildman–Crippen LogP) is 2.97. The zero-order chi connectivity index (χ0) is 22.1. The molecule has 2 rings (SSSR count). The van der Waals surface area contributed by atoms with Crippen LogP contribution in [0.4, 0.5) is 0 Å². The van der Waals surface area contributed by atoms with Gasteiger partial charge in [-0.15, -0.1) is 0 Å². The second-order valence-electron chi connectivity index (χ2n) is 7.46. The molecule has 1 aromatic carbocycles. The van der Waals surface area contributed by atoms with Crippen LogP contribution in [0.1, 0.15) is 57.3 Å². The van der Waals surface area contributed by atoms with Crippen LogP contribution in [0, 0.1) is 0 Å². The maximum absolute atomic E-state index is 12.7. The number of unbranched alkanes of at least 4 members (excludes halogenated alkanes) is 5. The highest BCUT2D eigenvalue weighted by Gasteiger charge is 2.45. The van der Waals surface area contributed by atoms with Crippen LogP contribution in [0.2, 0.25) is 10.0 Å². The van der Waals surface area contributed by atoms with Gasteiger partial charge in [0.15, 0.2) is 12.4 Å². The average molecular weight is 464 g/mol. The maximum Gasteiger partial charge on any atom is 0.252 e. The number of nitrogens with one attached hydrogen (secondary N) is 1. The fraction of sp³-hybridized carbons (Fsp3) is 0.667. The first-order chi connectivity index (χ1) is 14.4. The van der Waals surface area contributed by atoms with Gasteiger partial charge >= 0.3 is 0 Å². The summed E-state index contributed by atoms with van der Waals surface area (Å²) in [6.07, 6.45) is 0.122. The Bertz CT molecular complexity index is 677. The van der Waals surface area contributed by atoms with E-state index in [1.165, 1.54) is 25.3 Å². The van der Waals surface area contributed by atoms with E-state index < -0.39 is 43.2 Å². The van der Waals surface area contributed by atoms with Gasteiger partial charge in [0.05, 0.1) is 16.7 Å². The molecule has 7 nitrogen and oxygen atoms in total. The lowest BCUT2D eigenvalue weighted by atomic mass is 10.00. The smallest absolute Gasteiger partial charge is 0.252 e. The SMILES string of the molecule is CCCCCCCCNC(=O)C1OC(c2ccc(Cl)c(Cl)c2)OC(C(O)CO)C1O. The van der Waals surface area contributed by atoms with Crippen molar-refractivity contribution in [3.8, 4) is 0 Å². The number of ether oxygens (including phenoxy) is 2. The van der Waals surface area contributed by atoms with Crippen molar-refractivity contribution < 1.29 is 29.6 Å². The number of carbonyl (C=O) groups excluding carboxylic acids is 1. The van der Waals surface area contributed by atoms with Gasteiger partial charge in [-0.05, 0) is 18.6 Å². The van der Waals surface area contributed by atoms with Crippen molar-refractivity contribution in [2.75, 3.05) is 13.2 Å². The third kappa shape index (κ3) is 7.05. The molecule has 170 valence electrons. The van der Waals surface area contributed by atoms with Crippen LogP contribution in [-0.2, 0) is 14.3 Å². The van der Waals surface area contributed by atoms with Gasteiger partial charge in [0.2, 0.25) is 0 Å². The quantitative estimate of drug-likeness (QED) is 0.375. The zero-order valence-corrected chi connectivity index (χ0v) is 18.6. The lowest BCUT2D eigenvalue weighted by molar-refractivity contribution is -0.299. The van der Waals surface area contributed by atoms with Gasteiger partial charge in [0.25, 0.3) is 5.91 Å². The molecule has 9 heteroatoms. The summed E-state index contributed by atoms with van der Waals surface area (Å²) >= 11 is 12.0. The minimum absolute atomic E-state index is 0.274. The molecule has 30 heavy (non-hydrogen) atoms. The third-order valence-corrected chi connectivity index (χ3v) is 5.81. The number of hydrogen-bond acceptors (Lipinski definition) is 6. The maximum atomic E-state index is 12.7. The minimum atomic E-state index is -1.45. The zero-order valence-electron chi connectivity index (χ0n) is 17.1. The molecule has 0 radical (unpaired) electrons. The van der Waals surface area contributed by atoms with Crippen LogP contribution >= 0.6 is 23.2 Å².